The fourth-order valence-corrected chi connectivity index (χ4v) is 5.17. The lowest BCUT2D eigenvalue weighted by molar-refractivity contribution is -0.525. The average Bonchev–Trinajstić information content (AvgIpc) is 3.03. The Bertz CT molecular complexity index is 1440. The number of hydrazine groups is 1. The van der Waals surface area contributed by atoms with Crippen LogP contribution in [0.4, 0.5) is 0 Å². The summed E-state index contributed by atoms with van der Waals surface area (Å²) in [5.74, 6) is -2.17. The van der Waals surface area contributed by atoms with Gasteiger partial charge in [0.1, 0.15) is 6.04 Å². The third kappa shape index (κ3) is 12.2. The van der Waals surface area contributed by atoms with Gasteiger partial charge in [0.05, 0.1) is 12.3 Å². The molecule has 47 heavy (non-hydrogen) atoms. The third-order valence-electron chi connectivity index (χ3n) is 7.47. The summed E-state index contributed by atoms with van der Waals surface area (Å²) < 4.78 is 0. The first kappa shape index (κ1) is 36.2. The second-order valence-electron chi connectivity index (χ2n) is 11.4. The highest BCUT2D eigenvalue weighted by atomic mass is 16.7. The number of nitrogens with one attached hydrogen (secondary N) is 2. The van der Waals surface area contributed by atoms with Crippen LogP contribution in [0.5, 0.6) is 0 Å². The Morgan fingerprint density at radius 2 is 1.45 bits per heavy atom. The first-order valence-corrected chi connectivity index (χ1v) is 15.4. The van der Waals surface area contributed by atoms with E-state index in [2.05, 4.69) is 15.2 Å². The van der Waals surface area contributed by atoms with Crippen LogP contribution >= 0.6 is 0 Å². The molecule has 13 nitrogen and oxygen atoms in total. The van der Waals surface area contributed by atoms with E-state index in [1.165, 1.54) is 4.90 Å². The molecule has 0 heterocycles. The van der Waals surface area contributed by atoms with Gasteiger partial charge in [0, 0.05) is 19.6 Å². The van der Waals surface area contributed by atoms with Crippen LogP contribution < -0.4 is 22.2 Å². The summed E-state index contributed by atoms with van der Waals surface area (Å²) >= 11 is 0. The van der Waals surface area contributed by atoms with E-state index in [9.17, 15) is 24.5 Å². The Hall–Kier alpha value is -5.30. The molecule has 3 rings (SSSR count). The van der Waals surface area contributed by atoms with Gasteiger partial charge < -0.3 is 26.6 Å². The summed E-state index contributed by atoms with van der Waals surface area (Å²) in [5.41, 5.74) is 16.3. The van der Waals surface area contributed by atoms with Crippen molar-refractivity contribution >= 4 is 23.7 Å². The zero-order valence-electron chi connectivity index (χ0n) is 26.9. The first-order valence-electron chi connectivity index (χ1n) is 15.4. The van der Waals surface area contributed by atoms with E-state index in [0.29, 0.717) is 6.54 Å². The van der Waals surface area contributed by atoms with Crippen LogP contribution in [0.3, 0.4) is 0 Å². The molecule has 0 fully saturated rings. The maximum absolute atomic E-state index is 14.6. The number of hydrogen-bond donors (Lipinski definition) is 4. The number of hydrogen-bond acceptors (Lipinski definition) is 7. The smallest absolute Gasteiger partial charge is 0.251 e. The van der Waals surface area contributed by atoms with Crippen LogP contribution in [-0.4, -0.2) is 78.3 Å². The number of carbonyl (C=O) groups excluding carboxylic acids is 3. The van der Waals surface area contributed by atoms with Gasteiger partial charge in [-0.05, 0) is 62.2 Å². The van der Waals surface area contributed by atoms with Gasteiger partial charge in [0.2, 0.25) is 17.7 Å². The molecular weight excluding hydrogens is 600 g/mol. The molecule has 3 aromatic carbocycles. The lowest BCUT2D eigenvalue weighted by Crippen LogP contribution is -2.49. The molecule has 3 amide bonds. The zero-order valence-corrected chi connectivity index (χ0v) is 26.9. The Morgan fingerprint density at radius 3 is 1.98 bits per heavy atom. The summed E-state index contributed by atoms with van der Waals surface area (Å²) in [4.78, 5) is 58.1. The normalized spacial score (nSPS) is 12.0. The first-order chi connectivity index (χ1) is 22.5. The molecule has 0 aliphatic rings. The fraction of sp³-hybridized carbons (Fsp3) is 0.353. The fourth-order valence-electron chi connectivity index (χ4n) is 5.17. The Morgan fingerprint density at radius 1 is 0.872 bits per heavy atom. The molecule has 3 aromatic rings. The number of aliphatic imine (C=N–C) groups is 1. The standard InChI is InChI=1S/C34H44N8O5/c1-40(2)22-10-21-37-30(43)23-25-16-18-26(19-17-25)24-41(29(32(35)44)15-9-20-38-34(36)39-42(46)47)33(45)31(27-11-5-3-6-12-27)28-13-7-4-8-14-28/h3-8,11-14,16-19,29,31H,9-10,15,20-24H2,1-2H3,(H2,35,44)(H,37,43)(H3,36,38,39)/t29-/m1/s1. The lowest BCUT2D eigenvalue weighted by Gasteiger charge is -2.33. The van der Waals surface area contributed by atoms with Gasteiger partial charge in [-0.2, -0.15) is 0 Å². The molecule has 0 saturated carbocycles. The number of amides is 3. The molecule has 6 N–H and O–H groups in total. The number of nitro groups is 1. The molecule has 1 atom stereocenters. The van der Waals surface area contributed by atoms with Crippen molar-refractivity contribution in [3.8, 4) is 0 Å². The quantitative estimate of drug-likeness (QED) is 0.0533. The van der Waals surface area contributed by atoms with Crippen molar-refractivity contribution in [1.82, 2.24) is 20.5 Å². The Labute approximate surface area is 275 Å². The van der Waals surface area contributed by atoms with Crippen molar-refractivity contribution in [1.29, 1.82) is 0 Å². The van der Waals surface area contributed by atoms with Gasteiger partial charge in [0.15, 0.2) is 5.03 Å². The van der Waals surface area contributed by atoms with E-state index >= 15 is 0 Å². The molecule has 0 bridgehead atoms. The van der Waals surface area contributed by atoms with Crippen molar-refractivity contribution in [3.05, 3.63) is 117 Å². The van der Waals surface area contributed by atoms with Crippen molar-refractivity contribution in [3.63, 3.8) is 0 Å². The number of benzene rings is 3. The number of guanidine groups is 1. The minimum atomic E-state index is -1.01. The van der Waals surface area contributed by atoms with Crippen LogP contribution in [0.2, 0.25) is 0 Å². The number of primary amides is 1. The SMILES string of the molecule is CN(C)CCCNC(=O)Cc1ccc(CN(C(=O)C(c2ccccc2)c2ccccc2)[C@H](CCCN=C(N)N[N+](=O)[O-])C(N)=O)cc1. The second-order valence-corrected chi connectivity index (χ2v) is 11.4. The highest BCUT2D eigenvalue weighted by Crippen LogP contribution is 2.29. The molecule has 250 valence electrons. The highest BCUT2D eigenvalue weighted by molar-refractivity contribution is 5.92. The molecule has 0 radical (unpaired) electrons. The van der Waals surface area contributed by atoms with E-state index in [4.69, 9.17) is 11.5 Å². The molecule has 0 aliphatic heterocycles. The van der Waals surface area contributed by atoms with Crippen LogP contribution in [0.1, 0.15) is 47.4 Å². The van der Waals surface area contributed by atoms with Crippen LogP contribution in [-0.2, 0) is 27.3 Å². The van der Waals surface area contributed by atoms with E-state index in [1.807, 2.05) is 99.0 Å². The summed E-state index contributed by atoms with van der Waals surface area (Å²) in [7, 11) is 3.97. The number of nitrogens with two attached hydrogens (primary N) is 2. The molecule has 0 aromatic heterocycles. The largest absolute Gasteiger partial charge is 0.368 e. The second kappa shape index (κ2) is 18.6. The van der Waals surface area contributed by atoms with Crippen molar-refractivity contribution in [2.24, 2.45) is 16.5 Å². The molecular formula is C34H44N8O5. The molecule has 0 saturated heterocycles. The van der Waals surface area contributed by atoms with Gasteiger partial charge in [-0.25, -0.2) is 15.1 Å². The van der Waals surface area contributed by atoms with Crippen molar-refractivity contribution < 1.29 is 19.4 Å². The van der Waals surface area contributed by atoms with Gasteiger partial charge >= 0.3 is 0 Å². The Balaban J connectivity index is 1.87. The van der Waals surface area contributed by atoms with E-state index in [-0.39, 0.29) is 50.1 Å². The number of rotatable bonds is 18. The van der Waals surface area contributed by atoms with Gasteiger partial charge in [-0.15, -0.1) is 0 Å². The number of carbonyl (C=O) groups is 3. The minimum absolute atomic E-state index is 0.0746. The maximum Gasteiger partial charge on any atom is 0.251 e. The van der Waals surface area contributed by atoms with Crippen LogP contribution in [0.25, 0.3) is 0 Å². The topological polar surface area (TPSA) is 189 Å². The van der Waals surface area contributed by atoms with Crippen molar-refractivity contribution in [2.45, 2.75) is 44.2 Å². The van der Waals surface area contributed by atoms with Gasteiger partial charge in [0.25, 0.3) is 5.96 Å². The van der Waals surface area contributed by atoms with Gasteiger partial charge in [-0.3, -0.25) is 14.4 Å². The molecule has 13 heteroatoms. The van der Waals surface area contributed by atoms with E-state index < -0.39 is 22.9 Å². The summed E-state index contributed by atoms with van der Waals surface area (Å²) in [5, 5.41) is 12.7. The molecule has 0 spiro atoms. The zero-order chi connectivity index (χ0) is 34.2. The summed E-state index contributed by atoms with van der Waals surface area (Å²) in [6, 6.07) is 25.0. The summed E-state index contributed by atoms with van der Waals surface area (Å²) in [6.07, 6.45) is 1.50. The van der Waals surface area contributed by atoms with Gasteiger partial charge in [-0.1, -0.05) is 90.4 Å². The predicted molar refractivity (Wildman–Crippen MR) is 180 cm³/mol. The summed E-state index contributed by atoms with van der Waals surface area (Å²) in [6.45, 7) is 1.62. The molecule has 0 unspecified atom stereocenters. The van der Waals surface area contributed by atoms with E-state index in [1.54, 1.807) is 5.43 Å². The van der Waals surface area contributed by atoms with Crippen LogP contribution in [0, 0.1) is 10.1 Å². The highest BCUT2D eigenvalue weighted by Gasteiger charge is 2.34. The van der Waals surface area contributed by atoms with E-state index in [0.717, 1.165) is 35.2 Å². The maximum atomic E-state index is 14.6. The Kier molecular flexibility index (Phi) is 14.3. The monoisotopic (exact) mass is 644 g/mol. The van der Waals surface area contributed by atoms with Crippen molar-refractivity contribution in [2.75, 3.05) is 33.7 Å². The predicted octanol–water partition coefficient (Wildman–Crippen LogP) is 2.19. The average molecular weight is 645 g/mol. The number of nitrogens with zero attached hydrogens (tertiary/aromatic N) is 4. The lowest BCUT2D eigenvalue weighted by atomic mass is 9.89. The third-order valence-corrected chi connectivity index (χ3v) is 7.47. The molecule has 0 aliphatic carbocycles. The minimum Gasteiger partial charge on any atom is -0.368 e. The van der Waals surface area contributed by atoms with Crippen LogP contribution in [0.15, 0.2) is 89.9 Å².